The summed E-state index contributed by atoms with van der Waals surface area (Å²) in [4.78, 5) is 0. The zero-order valence-corrected chi connectivity index (χ0v) is 34.0. The van der Waals surface area contributed by atoms with Crippen LogP contribution in [0.1, 0.15) is 0 Å². The standard InChI is InChI=1S/C60H36S/c1-2-14-40-36-58-56(33-39(40)13-1)55-35-42(30-32-57(55)61-58)60-52-23-11-9-21-50(52)59(51-22-10-12-24-53(51)60)38-27-25-37(26-28-38)43-15-3-4-16-44(43)41-29-31-49-47-19-6-5-17-45(47)46-18-7-8-20-48(46)54(49)34-41/h1-36H. The molecule has 0 nitrogen and oxygen atoms in total. The molecular weight excluding hydrogens is 753 g/mol. The summed E-state index contributed by atoms with van der Waals surface area (Å²) in [6.07, 6.45) is 0. The van der Waals surface area contributed by atoms with Crippen molar-refractivity contribution in [3.05, 3.63) is 218 Å². The molecule has 61 heavy (non-hydrogen) atoms. The van der Waals surface area contributed by atoms with E-state index >= 15 is 0 Å². The summed E-state index contributed by atoms with van der Waals surface area (Å²) in [6.45, 7) is 0. The molecule has 0 aliphatic carbocycles. The largest absolute Gasteiger partial charge is 0.135 e. The number of rotatable bonds is 4. The Balaban J connectivity index is 0.946. The number of thiophene rings is 1. The molecule has 0 saturated carbocycles. The van der Waals surface area contributed by atoms with E-state index in [1.807, 2.05) is 11.3 Å². The van der Waals surface area contributed by atoms with Gasteiger partial charge in [0.25, 0.3) is 0 Å². The van der Waals surface area contributed by atoms with Gasteiger partial charge in [-0.15, -0.1) is 11.3 Å². The van der Waals surface area contributed by atoms with Crippen molar-refractivity contribution in [2.75, 3.05) is 0 Å². The minimum atomic E-state index is 1.21. The van der Waals surface area contributed by atoms with Crippen molar-refractivity contribution in [3.63, 3.8) is 0 Å². The van der Waals surface area contributed by atoms with Crippen LogP contribution in [-0.4, -0.2) is 0 Å². The lowest BCUT2D eigenvalue weighted by molar-refractivity contribution is 1.59. The van der Waals surface area contributed by atoms with Gasteiger partial charge in [0.2, 0.25) is 0 Å². The fraction of sp³-hybridized carbons (Fsp3) is 0. The first-order valence-electron chi connectivity index (χ1n) is 21.1. The van der Waals surface area contributed by atoms with E-state index in [0.29, 0.717) is 0 Å². The van der Waals surface area contributed by atoms with Crippen LogP contribution in [0, 0.1) is 0 Å². The molecule has 0 aliphatic heterocycles. The van der Waals surface area contributed by atoms with Gasteiger partial charge in [-0.3, -0.25) is 0 Å². The third-order valence-corrected chi connectivity index (χ3v) is 14.2. The lowest BCUT2D eigenvalue weighted by Gasteiger charge is -2.18. The third kappa shape index (κ3) is 5.31. The number of benzene rings is 12. The van der Waals surface area contributed by atoms with Gasteiger partial charge in [0, 0.05) is 20.2 Å². The van der Waals surface area contributed by atoms with Crippen LogP contribution >= 0.6 is 11.3 Å². The maximum atomic E-state index is 2.43. The Bertz CT molecular complexity index is 3830. The predicted molar refractivity (Wildman–Crippen MR) is 266 cm³/mol. The van der Waals surface area contributed by atoms with Gasteiger partial charge in [0.1, 0.15) is 0 Å². The molecule has 0 saturated heterocycles. The van der Waals surface area contributed by atoms with Crippen molar-refractivity contribution in [1.29, 1.82) is 0 Å². The van der Waals surface area contributed by atoms with Gasteiger partial charge in [-0.25, -0.2) is 0 Å². The molecule has 1 heterocycles. The van der Waals surface area contributed by atoms with Crippen molar-refractivity contribution in [1.82, 2.24) is 0 Å². The average molecular weight is 789 g/mol. The van der Waals surface area contributed by atoms with E-state index in [9.17, 15) is 0 Å². The first-order chi connectivity index (χ1) is 30.2. The number of fused-ring (bicyclic) bond motifs is 12. The minimum absolute atomic E-state index is 1.21. The molecule has 0 N–H and O–H groups in total. The maximum Gasteiger partial charge on any atom is 0.0361 e. The van der Waals surface area contributed by atoms with E-state index in [0.717, 1.165) is 0 Å². The summed E-state index contributed by atoms with van der Waals surface area (Å²) in [7, 11) is 0. The van der Waals surface area contributed by atoms with Crippen LogP contribution in [0.2, 0.25) is 0 Å². The second-order valence-electron chi connectivity index (χ2n) is 16.3. The highest BCUT2D eigenvalue weighted by atomic mass is 32.1. The molecule has 12 aromatic carbocycles. The molecule has 13 rings (SSSR count). The summed E-state index contributed by atoms with van der Waals surface area (Å²) in [5, 5.41) is 18.1. The smallest absolute Gasteiger partial charge is 0.0361 e. The van der Waals surface area contributed by atoms with Crippen LogP contribution in [-0.2, 0) is 0 Å². The first-order valence-corrected chi connectivity index (χ1v) is 21.9. The maximum absolute atomic E-state index is 2.43. The van der Waals surface area contributed by atoms with Gasteiger partial charge < -0.3 is 0 Å². The van der Waals surface area contributed by atoms with Crippen LogP contribution in [0.3, 0.4) is 0 Å². The fourth-order valence-corrected chi connectivity index (χ4v) is 11.4. The molecule has 0 bridgehead atoms. The molecule has 13 aromatic rings. The molecule has 0 spiro atoms. The average Bonchev–Trinajstić information content (AvgIpc) is 3.69. The molecule has 1 heteroatoms. The topological polar surface area (TPSA) is 0 Å². The van der Waals surface area contributed by atoms with Crippen LogP contribution in [0.25, 0.3) is 129 Å². The van der Waals surface area contributed by atoms with Crippen molar-refractivity contribution < 1.29 is 0 Å². The molecule has 1 aromatic heterocycles. The summed E-state index contributed by atoms with van der Waals surface area (Å²) >= 11 is 1.89. The van der Waals surface area contributed by atoms with Crippen LogP contribution in [0.5, 0.6) is 0 Å². The van der Waals surface area contributed by atoms with Crippen molar-refractivity contribution in [3.8, 4) is 44.5 Å². The molecular formula is C60H36S. The lowest BCUT2D eigenvalue weighted by Crippen LogP contribution is -1.91. The van der Waals surface area contributed by atoms with E-state index in [2.05, 4.69) is 218 Å². The van der Waals surface area contributed by atoms with Gasteiger partial charge in [-0.05, 0) is 139 Å². The summed E-state index contributed by atoms with van der Waals surface area (Å²) < 4.78 is 2.66. The molecule has 0 amide bonds. The molecule has 0 atom stereocenters. The van der Waals surface area contributed by atoms with E-state index in [4.69, 9.17) is 0 Å². The Morgan fingerprint density at radius 3 is 1.21 bits per heavy atom. The predicted octanol–water partition coefficient (Wildman–Crippen LogP) is 17.6. The zero-order chi connectivity index (χ0) is 40.0. The van der Waals surface area contributed by atoms with Gasteiger partial charge in [0.15, 0.2) is 0 Å². The molecule has 0 radical (unpaired) electrons. The third-order valence-electron chi connectivity index (χ3n) is 13.0. The van der Waals surface area contributed by atoms with Crippen molar-refractivity contribution >= 4 is 96.1 Å². The Morgan fingerprint density at radius 1 is 0.213 bits per heavy atom. The minimum Gasteiger partial charge on any atom is -0.135 e. The Morgan fingerprint density at radius 2 is 0.607 bits per heavy atom. The molecule has 0 aliphatic rings. The molecule has 0 unspecified atom stereocenters. The quantitative estimate of drug-likeness (QED) is 0.123. The van der Waals surface area contributed by atoms with Crippen molar-refractivity contribution in [2.24, 2.45) is 0 Å². The second-order valence-corrected chi connectivity index (χ2v) is 17.4. The van der Waals surface area contributed by atoms with Gasteiger partial charge >= 0.3 is 0 Å². The monoisotopic (exact) mass is 788 g/mol. The van der Waals surface area contributed by atoms with Crippen LogP contribution in [0.4, 0.5) is 0 Å². The SMILES string of the molecule is c1ccc(-c2ccc3c4ccccc4c4ccccc4c3c2)c(-c2ccc(-c3c4ccccc4c(-c4ccc5sc6cc7ccccc7cc6c5c4)c4ccccc34)cc2)c1. The molecule has 282 valence electrons. The second kappa shape index (κ2) is 13.5. The summed E-state index contributed by atoms with van der Waals surface area (Å²) in [5.41, 5.74) is 9.93. The fourth-order valence-electron chi connectivity index (χ4n) is 10.2. The van der Waals surface area contributed by atoms with Crippen molar-refractivity contribution in [2.45, 2.75) is 0 Å². The van der Waals surface area contributed by atoms with Gasteiger partial charge in [0.05, 0.1) is 0 Å². The number of hydrogen-bond donors (Lipinski definition) is 0. The van der Waals surface area contributed by atoms with E-state index < -0.39 is 0 Å². The Kier molecular flexibility index (Phi) is 7.58. The highest BCUT2D eigenvalue weighted by Crippen LogP contribution is 2.47. The van der Waals surface area contributed by atoms with E-state index in [1.54, 1.807) is 0 Å². The van der Waals surface area contributed by atoms with Gasteiger partial charge in [-0.2, -0.15) is 0 Å². The zero-order valence-electron chi connectivity index (χ0n) is 33.2. The van der Waals surface area contributed by atoms with Crippen LogP contribution < -0.4 is 0 Å². The van der Waals surface area contributed by atoms with Crippen LogP contribution in [0.15, 0.2) is 218 Å². The highest BCUT2D eigenvalue weighted by molar-refractivity contribution is 7.25. The Labute approximate surface area is 357 Å². The highest BCUT2D eigenvalue weighted by Gasteiger charge is 2.19. The first kappa shape index (κ1) is 34.3. The molecule has 0 fully saturated rings. The van der Waals surface area contributed by atoms with Gasteiger partial charge in [-0.1, -0.05) is 188 Å². The lowest BCUT2D eigenvalue weighted by atomic mass is 9.85. The normalized spacial score (nSPS) is 11.9. The number of hydrogen-bond acceptors (Lipinski definition) is 1. The Hall–Kier alpha value is -7.58. The summed E-state index contributed by atoms with van der Waals surface area (Å²) in [6, 6.07) is 81.3. The van der Waals surface area contributed by atoms with E-state index in [1.165, 1.54) is 129 Å². The van der Waals surface area contributed by atoms with E-state index in [-0.39, 0.29) is 0 Å². The summed E-state index contributed by atoms with van der Waals surface area (Å²) in [5.74, 6) is 0.